The summed E-state index contributed by atoms with van der Waals surface area (Å²) in [6.07, 6.45) is 21.3. The molecule has 3 nitrogen and oxygen atoms in total. The Balaban J connectivity index is 3.24. The molecule has 0 aromatic heterocycles. The number of unbranched alkanes of at least 4 members (excludes halogenated alkanes) is 14. The lowest BCUT2D eigenvalue weighted by molar-refractivity contribution is -0.142. The van der Waals surface area contributed by atoms with E-state index in [0.717, 1.165) is 44.9 Å². The van der Waals surface area contributed by atoms with Crippen molar-refractivity contribution in [1.82, 2.24) is 0 Å². The second kappa shape index (κ2) is 19.8. The average molecular weight is 356 g/mol. The van der Waals surface area contributed by atoms with Crippen molar-refractivity contribution >= 4 is 5.97 Å². The Morgan fingerprint density at radius 1 is 0.640 bits per heavy atom. The number of rotatable bonds is 20. The molecule has 0 rings (SSSR count). The second-order valence-corrected chi connectivity index (χ2v) is 7.62. The molecule has 0 aliphatic rings. The largest absolute Gasteiger partial charge is 0.481 e. The average Bonchev–Trinajstić information content (AvgIpc) is 2.60. The quantitative estimate of drug-likeness (QED) is 0.235. The Morgan fingerprint density at radius 2 is 1.00 bits per heavy atom. The molecule has 1 unspecified atom stereocenters. The van der Waals surface area contributed by atoms with E-state index in [2.05, 4.69) is 6.92 Å². The van der Waals surface area contributed by atoms with Gasteiger partial charge in [-0.1, -0.05) is 103 Å². The van der Waals surface area contributed by atoms with Crippen LogP contribution in [0, 0.1) is 5.92 Å². The predicted molar refractivity (Wildman–Crippen MR) is 105 cm³/mol. The summed E-state index contributed by atoms with van der Waals surface area (Å²) < 4.78 is 0. The maximum atomic E-state index is 11.2. The molecular formula is C22H43O3. The standard InChI is InChI=1S/C22H43O3/c1-2-3-18-21(22(24)25)19-16-14-12-10-8-6-4-5-7-9-11-13-15-17-20-23/h21H,2-20H2,1H3,(H,24,25). The SMILES string of the molecule is CCCCC(CCCCCCCCCCCCCCCC[O])C(=O)O. The summed E-state index contributed by atoms with van der Waals surface area (Å²) in [5.41, 5.74) is 0. The zero-order valence-corrected chi connectivity index (χ0v) is 16.8. The highest BCUT2D eigenvalue weighted by Gasteiger charge is 2.15. The smallest absolute Gasteiger partial charge is 0.306 e. The topological polar surface area (TPSA) is 57.2 Å². The molecule has 0 bridgehead atoms. The van der Waals surface area contributed by atoms with E-state index in [1.54, 1.807) is 0 Å². The van der Waals surface area contributed by atoms with Crippen LogP contribution in [-0.2, 0) is 9.90 Å². The summed E-state index contributed by atoms with van der Waals surface area (Å²) in [7, 11) is 0. The summed E-state index contributed by atoms with van der Waals surface area (Å²) in [4.78, 5) is 11.2. The number of carboxylic acids is 1. The minimum absolute atomic E-state index is 0.0962. The van der Waals surface area contributed by atoms with Crippen molar-refractivity contribution in [2.45, 2.75) is 122 Å². The van der Waals surface area contributed by atoms with Gasteiger partial charge in [0.2, 0.25) is 0 Å². The fraction of sp³-hybridized carbons (Fsp3) is 0.955. The fourth-order valence-electron chi connectivity index (χ4n) is 3.46. The van der Waals surface area contributed by atoms with Gasteiger partial charge in [0.15, 0.2) is 0 Å². The Morgan fingerprint density at radius 3 is 1.36 bits per heavy atom. The molecular weight excluding hydrogens is 312 g/mol. The third kappa shape index (κ3) is 18.0. The van der Waals surface area contributed by atoms with Gasteiger partial charge in [-0.05, 0) is 19.3 Å². The predicted octanol–water partition coefficient (Wildman–Crippen LogP) is 7.16. The van der Waals surface area contributed by atoms with Crippen molar-refractivity contribution in [3.05, 3.63) is 0 Å². The first-order valence-corrected chi connectivity index (χ1v) is 11.0. The van der Waals surface area contributed by atoms with Crippen LogP contribution in [-0.4, -0.2) is 17.7 Å². The lowest BCUT2D eigenvalue weighted by Crippen LogP contribution is -2.13. The minimum Gasteiger partial charge on any atom is -0.481 e. The summed E-state index contributed by atoms with van der Waals surface area (Å²) >= 11 is 0. The second-order valence-electron chi connectivity index (χ2n) is 7.62. The monoisotopic (exact) mass is 355 g/mol. The zero-order valence-electron chi connectivity index (χ0n) is 16.8. The minimum atomic E-state index is -0.598. The van der Waals surface area contributed by atoms with Crippen LogP contribution in [0.2, 0.25) is 0 Å². The molecule has 0 spiro atoms. The van der Waals surface area contributed by atoms with Gasteiger partial charge >= 0.3 is 5.97 Å². The van der Waals surface area contributed by atoms with Gasteiger partial charge in [0.25, 0.3) is 0 Å². The molecule has 0 heterocycles. The van der Waals surface area contributed by atoms with Crippen LogP contribution in [0.1, 0.15) is 122 Å². The number of hydrogen-bond acceptors (Lipinski definition) is 1. The molecule has 0 saturated carbocycles. The summed E-state index contributed by atoms with van der Waals surface area (Å²) in [5, 5.41) is 19.5. The van der Waals surface area contributed by atoms with E-state index in [-0.39, 0.29) is 12.5 Å². The van der Waals surface area contributed by atoms with Gasteiger partial charge in [0.1, 0.15) is 0 Å². The van der Waals surface area contributed by atoms with Crippen molar-refractivity contribution in [2.75, 3.05) is 6.61 Å². The van der Waals surface area contributed by atoms with E-state index in [1.807, 2.05) is 0 Å². The van der Waals surface area contributed by atoms with Gasteiger partial charge in [0.05, 0.1) is 12.5 Å². The zero-order chi connectivity index (χ0) is 18.6. The van der Waals surface area contributed by atoms with Crippen LogP contribution in [0.3, 0.4) is 0 Å². The molecule has 0 amide bonds. The molecule has 3 heteroatoms. The van der Waals surface area contributed by atoms with Crippen LogP contribution in [0.4, 0.5) is 0 Å². The van der Waals surface area contributed by atoms with Crippen molar-refractivity contribution in [3.63, 3.8) is 0 Å². The molecule has 1 radical (unpaired) electrons. The molecule has 1 atom stereocenters. The molecule has 0 aromatic rings. The van der Waals surface area contributed by atoms with Gasteiger partial charge in [0, 0.05) is 0 Å². The third-order valence-corrected chi connectivity index (χ3v) is 5.20. The molecule has 0 aromatic carbocycles. The van der Waals surface area contributed by atoms with Crippen molar-refractivity contribution < 1.29 is 15.0 Å². The van der Waals surface area contributed by atoms with Crippen LogP contribution in [0.5, 0.6) is 0 Å². The van der Waals surface area contributed by atoms with Gasteiger partial charge in [-0.2, -0.15) is 0 Å². The van der Waals surface area contributed by atoms with Crippen molar-refractivity contribution in [1.29, 1.82) is 0 Å². The number of aliphatic carboxylic acids is 1. The summed E-state index contributed by atoms with van der Waals surface area (Å²) in [6, 6.07) is 0. The first kappa shape index (κ1) is 24.4. The normalized spacial score (nSPS) is 12.4. The third-order valence-electron chi connectivity index (χ3n) is 5.20. The highest BCUT2D eigenvalue weighted by Crippen LogP contribution is 2.18. The molecule has 0 fully saturated rings. The number of carbonyl (C=O) groups is 1. The van der Waals surface area contributed by atoms with Crippen LogP contribution in [0.15, 0.2) is 0 Å². The molecule has 1 N–H and O–H groups in total. The van der Waals surface area contributed by atoms with Crippen LogP contribution in [0.25, 0.3) is 0 Å². The Labute approximate surface area is 156 Å². The fourth-order valence-corrected chi connectivity index (χ4v) is 3.46. The Bertz CT molecular complexity index is 278. The van der Waals surface area contributed by atoms with Crippen molar-refractivity contribution in [2.24, 2.45) is 5.92 Å². The van der Waals surface area contributed by atoms with E-state index in [4.69, 9.17) is 0 Å². The summed E-state index contributed by atoms with van der Waals surface area (Å²) in [6.45, 7) is 2.22. The van der Waals surface area contributed by atoms with Gasteiger partial charge in [-0.3, -0.25) is 4.79 Å². The highest BCUT2D eigenvalue weighted by atomic mass is 16.4. The first-order valence-electron chi connectivity index (χ1n) is 11.0. The van der Waals surface area contributed by atoms with E-state index >= 15 is 0 Å². The maximum Gasteiger partial charge on any atom is 0.306 e. The van der Waals surface area contributed by atoms with Crippen LogP contribution >= 0.6 is 0 Å². The number of hydrogen-bond donors (Lipinski definition) is 1. The van der Waals surface area contributed by atoms with Crippen molar-refractivity contribution in [3.8, 4) is 0 Å². The molecule has 0 saturated heterocycles. The molecule has 0 aliphatic carbocycles. The Kier molecular flexibility index (Phi) is 19.3. The van der Waals surface area contributed by atoms with E-state index in [0.29, 0.717) is 0 Å². The molecule has 0 aliphatic heterocycles. The first-order chi connectivity index (χ1) is 12.2. The van der Waals surface area contributed by atoms with Gasteiger partial charge in [-0.15, -0.1) is 0 Å². The maximum absolute atomic E-state index is 11.2. The van der Waals surface area contributed by atoms with Gasteiger partial charge in [-0.25, -0.2) is 5.11 Å². The molecule has 149 valence electrons. The van der Waals surface area contributed by atoms with Crippen LogP contribution < -0.4 is 0 Å². The van der Waals surface area contributed by atoms with E-state index in [9.17, 15) is 15.0 Å². The summed E-state index contributed by atoms with van der Waals surface area (Å²) in [5.74, 6) is -0.709. The van der Waals surface area contributed by atoms with E-state index < -0.39 is 5.97 Å². The van der Waals surface area contributed by atoms with E-state index in [1.165, 1.54) is 70.6 Å². The number of carboxylic acid groups (broad SMARTS) is 1. The lowest BCUT2D eigenvalue weighted by Gasteiger charge is -2.11. The lowest BCUT2D eigenvalue weighted by atomic mass is 9.95. The van der Waals surface area contributed by atoms with Gasteiger partial charge < -0.3 is 5.11 Å². The molecule has 25 heavy (non-hydrogen) atoms. The Hall–Kier alpha value is -0.570. The highest BCUT2D eigenvalue weighted by molar-refractivity contribution is 5.69.